The van der Waals surface area contributed by atoms with E-state index in [1.54, 1.807) is 6.92 Å². The van der Waals surface area contributed by atoms with Gasteiger partial charge in [0, 0.05) is 6.42 Å². The van der Waals surface area contributed by atoms with Gasteiger partial charge in [-0.15, -0.1) is 0 Å². The monoisotopic (exact) mass is 276 g/mol. The fraction of sp³-hybridized carbons (Fsp3) is 0.611. The van der Waals surface area contributed by atoms with Crippen molar-refractivity contribution in [3.8, 4) is 5.75 Å². The number of rotatable bonds is 4. The fourth-order valence-corrected chi connectivity index (χ4v) is 1.86. The van der Waals surface area contributed by atoms with Crippen LogP contribution in [0.5, 0.6) is 5.75 Å². The summed E-state index contributed by atoms with van der Waals surface area (Å²) in [5, 5.41) is 0. The summed E-state index contributed by atoms with van der Waals surface area (Å²) < 4.78 is 5.77. The minimum Gasteiger partial charge on any atom is -0.493 e. The largest absolute Gasteiger partial charge is 0.493 e. The average Bonchev–Trinajstić information content (AvgIpc) is 2.25. The van der Waals surface area contributed by atoms with E-state index < -0.39 is 0 Å². The molecule has 0 radical (unpaired) electrons. The third kappa shape index (κ3) is 4.99. The molecule has 0 saturated carbocycles. The zero-order valence-electron chi connectivity index (χ0n) is 14.0. The van der Waals surface area contributed by atoms with Gasteiger partial charge >= 0.3 is 0 Å². The highest BCUT2D eigenvalue weighted by molar-refractivity contribution is 5.75. The summed E-state index contributed by atoms with van der Waals surface area (Å²) in [7, 11) is 0. The Hall–Kier alpha value is -1.31. The van der Waals surface area contributed by atoms with Crippen LogP contribution in [0.2, 0.25) is 0 Å². The van der Waals surface area contributed by atoms with Crippen molar-refractivity contribution < 1.29 is 9.53 Å². The average molecular weight is 276 g/mol. The van der Waals surface area contributed by atoms with E-state index in [9.17, 15) is 4.79 Å². The summed E-state index contributed by atoms with van der Waals surface area (Å²) in [6.45, 7) is 15.3. The highest BCUT2D eigenvalue weighted by Gasteiger charge is 2.20. The number of ether oxygens (including phenoxy) is 1. The molecular weight excluding hydrogens is 248 g/mol. The summed E-state index contributed by atoms with van der Waals surface area (Å²) in [5.74, 6) is 1.02. The van der Waals surface area contributed by atoms with Crippen LogP contribution < -0.4 is 4.74 Å². The van der Waals surface area contributed by atoms with E-state index in [2.05, 4.69) is 59.7 Å². The molecule has 0 saturated heterocycles. The maximum Gasteiger partial charge on any atom is 0.133 e. The molecule has 0 bridgehead atoms. The first-order valence-electron chi connectivity index (χ1n) is 7.28. The van der Waals surface area contributed by atoms with Crippen molar-refractivity contribution in [2.45, 2.75) is 65.7 Å². The number of carbonyl (C=O) groups is 1. The zero-order valence-corrected chi connectivity index (χ0v) is 14.0. The molecule has 0 aromatic heterocycles. The predicted octanol–water partition coefficient (Wildman–Crippen LogP) is 4.64. The van der Waals surface area contributed by atoms with Crippen molar-refractivity contribution in [2.24, 2.45) is 0 Å². The smallest absolute Gasteiger partial charge is 0.133 e. The molecule has 1 aromatic carbocycles. The lowest BCUT2D eigenvalue weighted by atomic mass is 9.80. The Kier molecular flexibility index (Phi) is 5.01. The second-order valence-corrected chi connectivity index (χ2v) is 7.55. The molecule has 0 fully saturated rings. The van der Waals surface area contributed by atoms with E-state index in [-0.39, 0.29) is 16.6 Å². The summed E-state index contributed by atoms with van der Waals surface area (Å²) in [6, 6.07) is 6.45. The van der Waals surface area contributed by atoms with Crippen LogP contribution in [0.4, 0.5) is 0 Å². The van der Waals surface area contributed by atoms with Gasteiger partial charge in [0.2, 0.25) is 0 Å². The number of hydrogen-bond acceptors (Lipinski definition) is 2. The van der Waals surface area contributed by atoms with Gasteiger partial charge in [0.15, 0.2) is 0 Å². The molecule has 0 atom stereocenters. The topological polar surface area (TPSA) is 26.3 Å². The SMILES string of the molecule is CC(=O)CCOc1cc(C(C)(C)C)cc(C(C)(C)C)c1. The van der Waals surface area contributed by atoms with Crippen molar-refractivity contribution in [3.63, 3.8) is 0 Å². The van der Waals surface area contributed by atoms with Crippen LogP contribution in [0.1, 0.15) is 66.0 Å². The van der Waals surface area contributed by atoms with Gasteiger partial charge in [-0.25, -0.2) is 0 Å². The molecule has 1 rings (SSSR count). The van der Waals surface area contributed by atoms with Crippen molar-refractivity contribution in [3.05, 3.63) is 29.3 Å². The lowest BCUT2D eigenvalue weighted by Crippen LogP contribution is -2.17. The number of benzene rings is 1. The molecule has 0 aliphatic rings. The minimum atomic E-state index is 0.0833. The Morgan fingerprint density at radius 1 is 0.950 bits per heavy atom. The number of hydrogen-bond donors (Lipinski definition) is 0. The molecule has 0 amide bonds. The van der Waals surface area contributed by atoms with Crippen LogP contribution in [0.3, 0.4) is 0 Å². The van der Waals surface area contributed by atoms with Crippen LogP contribution in [-0.4, -0.2) is 12.4 Å². The standard InChI is InChI=1S/C18H28O2/c1-13(19)8-9-20-16-11-14(17(2,3)4)10-15(12-16)18(5,6)7/h10-12H,8-9H2,1-7H3. The van der Waals surface area contributed by atoms with Crippen LogP contribution in [-0.2, 0) is 15.6 Å². The summed E-state index contributed by atoms with van der Waals surface area (Å²) in [5.41, 5.74) is 2.70. The second-order valence-electron chi connectivity index (χ2n) is 7.55. The molecule has 0 aliphatic carbocycles. The Labute approximate surface area is 123 Å². The predicted molar refractivity (Wildman–Crippen MR) is 84.6 cm³/mol. The quantitative estimate of drug-likeness (QED) is 0.800. The lowest BCUT2D eigenvalue weighted by molar-refractivity contribution is -0.117. The minimum absolute atomic E-state index is 0.0833. The van der Waals surface area contributed by atoms with Gasteiger partial charge in [-0.2, -0.15) is 0 Å². The first-order valence-corrected chi connectivity index (χ1v) is 7.28. The van der Waals surface area contributed by atoms with Gasteiger partial charge in [0.05, 0.1) is 6.61 Å². The van der Waals surface area contributed by atoms with Crippen LogP contribution in [0.25, 0.3) is 0 Å². The summed E-state index contributed by atoms with van der Waals surface area (Å²) >= 11 is 0. The van der Waals surface area contributed by atoms with Crippen LogP contribution in [0, 0.1) is 0 Å². The summed E-state index contributed by atoms with van der Waals surface area (Å²) in [6.07, 6.45) is 0.463. The maximum absolute atomic E-state index is 11.0. The molecule has 0 N–H and O–H groups in total. The fourth-order valence-electron chi connectivity index (χ4n) is 1.86. The van der Waals surface area contributed by atoms with E-state index in [0.717, 1.165) is 5.75 Å². The second kappa shape index (κ2) is 5.99. The Bertz CT molecular complexity index is 441. The maximum atomic E-state index is 11.0. The molecule has 112 valence electrons. The number of Topliss-reactive ketones (excluding diaryl/α,β-unsaturated/α-hetero) is 1. The van der Waals surface area contributed by atoms with Crippen molar-refractivity contribution in [1.82, 2.24) is 0 Å². The van der Waals surface area contributed by atoms with E-state index in [1.165, 1.54) is 11.1 Å². The number of ketones is 1. The Morgan fingerprint density at radius 2 is 1.40 bits per heavy atom. The van der Waals surface area contributed by atoms with Crippen molar-refractivity contribution in [2.75, 3.05) is 6.61 Å². The Balaban J connectivity index is 3.08. The van der Waals surface area contributed by atoms with Crippen LogP contribution in [0.15, 0.2) is 18.2 Å². The van der Waals surface area contributed by atoms with E-state index in [4.69, 9.17) is 4.74 Å². The first-order chi connectivity index (χ1) is 9.00. The van der Waals surface area contributed by atoms with E-state index in [1.807, 2.05) is 0 Å². The normalized spacial score (nSPS) is 12.3. The molecule has 0 aliphatic heterocycles. The molecule has 2 heteroatoms. The molecule has 20 heavy (non-hydrogen) atoms. The number of carbonyl (C=O) groups excluding carboxylic acids is 1. The summed E-state index contributed by atoms with van der Waals surface area (Å²) in [4.78, 5) is 11.0. The third-order valence-electron chi connectivity index (χ3n) is 3.36. The molecule has 1 aromatic rings. The van der Waals surface area contributed by atoms with E-state index in [0.29, 0.717) is 13.0 Å². The zero-order chi connectivity index (χ0) is 15.6. The van der Waals surface area contributed by atoms with Gasteiger partial charge < -0.3 is 4.74 Å². The third-order valence-corrected chi connectivity index (χ3v) is 3.36. The first kappa shape index (κ1) is 16.7. The molecule has 0 unspecified atom stereocenters. The highest BCUT2D eigenvalue weighted by atomic mass is 16.5. The van der Waals surface area contributed by atoms with Crippen molar-refractivity contribution >= 4 is 5.78 Å². The lowest BCUT2D eigenvalue weighted by Gasteiger charge is -2.26. The van der Waals surface area contributed by atoms with Gasteiger partial charge in [0.25, 0.3) is 0 Å². The molecule has 2 nitrogen and oxygen atoms in total. The van der Waals surface area contributed by atoms with Gasteiger partial charge in [-0.1, -0.05) is 47.6 Å². The Morgan fingerprint density at radius 3 is 1.75 bits per heavy atom. The van der Waals surface area contributed by atoms with E-state index >= 15 is 0 Å². The van der Waals surface area contributed by atoms with Gasteiger partial charge in [0.1, 0.15) is 11.5 Å². The molecule has 0 heterocycles. The van der Waals surface area contributed by atoms with Gasteiger partial charge in [-0.05, 0) is 41.0 Å². The van der Waals surface area contributed by atoms with Gasteiger partial charge in [-0.3, -0.25) is 4.79 Å². The van der Waals surface area contributed by atoms with Crippen LogP contribution >= 0.6 is 0 Å². The van der Waals surface area contributed by atoms with Crippen molar-refractivity contribution in [1.29, 1.82) is 0 Å². The molecule has 0 spiro atoms. The molecular formula is C18H28O2. The highest BCUT2D eigenvalue weighted by Crippen LogP contribution is 2.32.